The second kappa shape index (κ2) is 6.41. The van der Waals surface area contributed by atoms with Crippen molar-refractivity contribution in [2.24, 2.45) is 0 Å². The van der Waals surface area contributed by atoms with Crippen LogP contribution >= 0.6 is 0 Å². The normalized spacial score (nSPS) is 17.4. The first-order chi connectivity index (χ1) is 10.7. The molecule has 0 radical (unpaired) electrons. The van der Waals surface area contributed by atoms with Crippen LogP contribution in [0.4, 0.5) is 4.79 Å². The van der Waals surface area contributed by atoms with Gasteiger partial charge in [0.2, 0.25) is 0 Å². The van der Waals surface area contributed by atoms with E-state index in [1.807, 2.05) is 30.3 Å². The fraction of sp³-hybridized carbons (Fsp3) is 0.176. The monoisotopic (exact) mass is 297 g/mol. The molecule has 0 aliphatic carbocycles. The highest BCUT2D eigenvalue weighted by atomic mass is 16.6. The van der Waals surface area contributed by atoms with Crippen molar-refractivity contribution in [2.45, 2.75) is 12.2 Å². The molecule has 1 N–H and O–H groups in total. The van der Waals surface area contributed by atoms with Crippen molar-refractivity contribution in [3.05, 3.63) is 71.8 Å². The van der Waals surface area contributed by atoms with Crippen molar-refractivity contribution >= 4 is 12.0 Å². The van der Waals surface area contributed by atoms with E-state index in [-0.39, 0.29) is 6.10 Å². The number of epoxide rings is 1. The Morgan fingerprint density at radius 1 is 1.05 bits per heavy atom. The highest BCUT2D eigenvalue weighted by Gasteiger charge is 2.37. The van der Waals surface area contributed by atoms with E-state index in [0.29, 0.717) is 12.2 Å². The van der Waals surface area contributed by atoms with Gasteiger partial charge in [0.05, 0.1) is 6.61 Å². The van der Waals surface area contributed by atoms with Gasteiger partial charge in [-0.2, -0.15) is 0 Å². The first-order valence-electron chi connectivity index (χ1n) is 6.97. The number of amides is 2. The summed E-state index contributed by atoms with van der Waals surface area (Å²) < 4.78 is 10.6. The lowest BCUT2D eigenvalue weighted by Crippen LogP contribution is -2.33. The molecule has 2 amide bonds. The molecule has 0 aromatic heterocycles. The summed E-state index contributed by atoms with van der Waals surface area (Å²) in [7, 11) is 0. The summed E-state index contributed by atoms with van der Waals surface area (Å²) in [6.07, 6.45) is -1.44. The van der Waals surface area contributed by atoms with Gasteiger partial charge >= 0.3 is 6.09 Å². The number of rotatable bonds is 4. The van der Waals surface area contributed by atoms with Crippen LogP contribution in [0.1, 0.15) is 22.0 Å². The molecule has 5 heteroatoms. The van der Waals surface area contributed by atoms with E-state index in [1.165, 1.54) is 0 Å². The molecule has 112 valence electrons. The minimum Gasteiger partial charge on any atom is -0.438 e. The van der Waals surface area contributed by atoms with Crippen molar-refractivity contribution in [1.82, 2.24) is 5.32 Å². The van der Waals surface area contributed by atoms with Crippen LogP contribution < -0.4 is 5.32 Å². The Bertz CT molecular complexity index is 653. The van der Waals surface area contributed by atoms with Crippen LogP contribution in [0.2, 0.25) is 0 Å². The maximum atomic E-state index is 11.9. The van der Waals surface area contributed by atoms with Gasteiger partial charge in [0, 0.05) is 5.56 Å². The zero-order chi connectivity index (χ0) is 15.4. The zero-order valence-electron chi connectivity index (χ0n) is 11.8. The molecule has 1 heterocycles. The number of benzene rings is 2. The summed E-state index contributed by atoms with van der Waals surface area (Å²) in [5.41, 5.74) is 1.24. The van der Waals surface area contributed by atoms with Gasteiger partial charge in [-0.3, -0.25) is 10.1 Å². The number of ether oxygens (including phenoxy) is 2. The Morgan fingerprint density at radius 2 is 1.64 bits per heavy atom. The van der Waals surface area contributed by atoms with Crippen molar-refractivity contribution in [2.75, 3.05) is 6.61 Å². The molecule has 5 nitrogen and oxygen atoms in total. The standard InChI is InChI=1S/C17H15NO4/c19-16(13-9-5-2-6-10-13)18-17(20)22-15(14-11-21-14)12-7-3-1-4-8-12/h1-10,14-15H,11H2,(H,18,19,20)/t14-,15-/m0/s1. The van der Waals surface area contributed by atoms with Gasteiger partial charge in [-0.25, -0.2) is 4.79 Å². The molecule has 2 aromatic rings. The molecule has 22 heavy (non-hydrogen) atoms. The van der Waals surface area contributed by atoms with Gasteiger partial charge in [0.1, 0.15) is 6.10 Å². The number of hydrogen-bond donors (Lipinski definition) is 1. The molecule has 1 aliphatic rings. The highest BCUT2D eigenvalue weighted by Crippen LogP contribution is 2.30. The minimum atomic E-state index is -0.779. The third-order valence-corrected chi connectivity index (χ3v) is 3.31. The summed E-state index contributed by atoms with van der Waals surface area (Å²) in [6.45, 7) is 0.541. The van der Waals surface area contributed by atoms with Crippen LogP contribution in [0.5, 0.6) is 0 Å². The van der Waals surface area contributed by atoms with Crippen LogP contribution in [0.25, 0.3) is 0 Å². The summed E-state index contributed by atoms with van der Waals surface area (Å²) in [5, 5.41) is 2.22. The van der Waals surface area contributed by atoms with E-state index in [2.05, 4.69) is 5.32 Å². The van der Waals surface area contributed by atoms with E-state index in [9.17, 15) is 9.59 Å². The van der Waals surface area contributed by atoms with Crippen LogP contribution in [0.3, 0.4) is 0 Å². The van der Waals surface area contributed by atoms with Gasteiger partial charge < -0.3 is 9.47 Å². The summed E-state index contributed by atoms with van der Waals surface area (Å²) >= 11 is 0. The second-order valence-corrected chi connectivity index (χ2v) is 4.93. The van der Waals surface area contributed by atoms with E-state index in [1.54, 1.807) is 30.3 Å². The summed E-state index contributed by atoms with van der Waals surface area (Å²) in [6, 6.07) is 17.8. The number of alkyl carbamates (subject to hydrolysis) is 1. The Hall–Kier alpha value is -2.66. The SMILES string of the molecule is O=C(NC(=O)c1ccccc1)O[C@@H](c1ccccc1)[C@@H]1CO1. The maximum Gasteiger partial charge on any atom is 0.414 e. The van der Waals surface area contributed by atoms with Gasteiger partial charge in [0.15, 0.2) is 6.10 Å². The van der Waals surface area contributed by atoms with Crippen molar-refractivity contribution < 1.29 is 19.1 Å². The third-order valence-electron chi connectivity index (χ3n) is 3.31. The summed E-state index contributed by atoms with van der Waals surface area (Å²) in [5.74, 6) is -0.492. The molecule has 0 spiro atoms. The van der Waals surface area contributed by atoms with Gasteiger partial charge in [-0.05, 0) is 17.7 Å². The van der Waals surface area contributed by atoms with Crippen molar-refractivity contribution in [3.63, 3.8) is 0 Å². The van der Waals surface area contributed by atoms with E-state index >= 15 is 0 Å². The van der Waals surface area contributed by atoms with Gasteiger partial charge in [-0.1, -0.05) is 48.5 Å². The molecular weight excluding hydrogens is 282 g/mol. The number of carbonyl (C=O) groups is 2. The lowest BCUT2D eigenvalue weighted by atomic mass is 10.1. The number of carbonyl (C=O) groups excluding carboxylic acids is 2. The van der Waals surface area contributed by atoms with Crippen LogP contribution in [0.15, 0.2) is 60.7 Å². The molecule has 2 atom stereocenters. The summed E-state index contributed by atoms with van der Waals surface area (Å²) in [4.78, 5) is 23.8. The predicted molar refractivity (Wildman–Crippen MR) is 79.3 cm³/mol. The molecule has 0 unspecified atom stereocenters. The largest absolute Gasteiger partial charge is 0.438 e. The Labute approximate surface area is 127 Å². The molecular formula is C17H15NO4. The average molecular weight is 297 g/mol. The van der Waals surface area contributed by atoms with E-state index < -0.39 is 18.1 Å². The van der Waals surface area contributed by atoms with Gasteiger partial charge in [0.25, 0.3) is 5.91 Å². The molecule has 2 aromatic carbocycles. The van der Waals surface area contributed by atoms with Crippen LogP contribution in [0, 0.1) is 0 Å². The molecule has 1 aliphatic heterocycles. The lowest BCUT2D eigenvalue weighted by molar-refractivity contribution is 0.0717. The van der Waals surface area contributed by atoms with Crippen LogP contribution in [-0.2, 0) is 9.47 Å². The molecule has 1 fully saturated rings. The quantitative estimate of drug-likeness (QED) is 0.881. The molecule has 0 bridgehead atoms. The fourth-order valence-corrected chi connectivity index (χ4v) is 2.13. The van der Waals surface area contributed by atoms with E-state index in [0.717, 1.165) is 5.56 Å². The first-order valence-corrected chi connectivity index (χ1v) is 6.97. The van der Waals surface area contributed by atoms with Crippen molar-refractivity contribution in [1.29, 1.82) is 0 Å². The molecule has 1 saturated heterocycles. The van der Waals surface area contributed by atoms with E-state index in [4.69, 9.17) is 9.47 Å². The zero-order valence-corrected chi connectivity index (χ0v) is 11.8. The van der Waals surface area contributed by atoms with Crippen LogP contribution in [-0.4, -0.2) is 24.7 Å². The third kappa shape index (κ3) is 3.51. The molecule has 0 saturated carbocycles. The molecule has 3 rings (SSSR count). The number of nitrogens with one attached hydrogen (secondary N) is 1. The number of hydrogen-bond acceptors (Lipinski definition) is 4. The fourth-order valence-electron chi connectivity index (χ4n) is 2.13. The highest BCUT2D eigenvalue weighted by molar-refractivity contribution is 6.02. The Morgan fingerprint density at radius 3 is 2.23 bits per heavy atom. The Balaban J connectivity index is 1.64. The lowest BCUT2D eigenvalue weighted by Gasteiger charge is -2.16. The van der Waals surface area contributed by atoms with Gasteiger partial charge in [-0.15, -0.1) is 0 Å². The van der Waals surface area contributed by atoms with Crippen molar-refractivity contribution in [3.8, 4) is 0 Å². The average Bonchev–Trinajstić information content (AvgIpc) is 3.39. The predicted octanol–water partition coefficient (Wildman–Crippen LogP) is 2.69. The minimum absolute atomic E-state index is 0.153. The second-order valence-electron chi connectivity index (χ2n) is 4.93. The Kier molecular flexibility index (Phi) is 4.16. The number of imide groups is 1. The topological polar surface area (TPSA) is 67.9 Å². The smallest absolute Gasteiger partial charge is 0.414 e. The maximum absolute atomic E-state index is 11.9. The first kappa shape index (κ1) is 14.3.